The summed E-state index contributed by atoms with van der Waals surface area (Å²) in [5.41, 5.74) is 15.0. The molecule has 0 saturated heterocycles. The van der Waals surface area contributed by atoms with E-state index in [1.807, 2.05) is 0 Å². The highest BCUT2D eigenvalue weighted by molar-refractivity contribution is 5.89. The zero-order valence-electron chi connectivity index (χ0n) is 21.7. The van der Waals surface area contributed by atoms with Crippen LogP contribution in [0.15, 0.2) is 4.52 Å². The molecule has 0 spiro atoms. The first-order chi connectivity index (χ1) is 17.9. The number of carbonyl (C=O) groups is 5. The predicted octanol–water partition coefficient (Wildman–Crippen LogP) is -1.90. The van der Waals surface area contributed by atoms with Gasteiger partial charge in [0.1, 0.15) is 12.6 Å². The quantitative estimate of drug-likeness (QED) is 0.143. The summed E-state index contributed by atoms with van der Waals surface area (Å²) >= 11 is 0. The number of aromatic nitrogens is 2. The summed E-state index contributed by atoms with van der Waals surface area (Å²) in [4.78, 5) is 58.3. The molecule has 0 saturated carbocycles. The standard InChI is InChI=1S/C13H21N7O7.C3H8.C2H5NO.2C2H2/c14-6(5-21)11-19-9(27-20-11)3-17-13(26)18-7(1-2-8(15)22)12(25)16-4-10(23)24;1-3-2;1-2(3)4;2*1-2/h6-7,21H,1-5,14H2,(H2,15,22)(H,16,25)(H,23,24)(H2,17,18,26);3H2,1-2H3;1H3,(H2,3,4);2*1-2H/t6-,7-;;;;/m0..../s1. The Hall–Kier alpha value is -4.67. The van der Waals surface area contributed by atoms with Crippen LogP contribution in [0.5, 0.6) is 0 Å². The van der Waals surface area contributed by atoms with Crippen LogP contribution in [0.4, 0.5) is 4.79 Å². The van der Waals surface area contributed by atoms with E-state index in [-0.39, 0.29) is 43.6 Å². The molecule has 0 bridgehead atoms. The molecule has 0 aromatic carbocycles. The van der Waals surface area contributed by atoms with E-state index in [0.717, 1.165) is 0 Å². The van der Waals surface area contributed by atoms with Gasteiger partial charge in [0, 0.05) is 13.3 Å². The van der Waals surface area contributed by atoms with Gasteiger partial charge in [0.25, 0.3) is 0 Å². The van der Waals surface area contributed by atoms with Gasteiger partial charge in [-0.1, -0.05) is 25.4 Å². The third-order valence-corrected chi connectivity index (χ3v) is 3.13. The highest BCUT2D eigenvalue weighted by atomic mass is 16.5. The molecule has 1 aromatic rings. The number of urea groups is 1. The molecule has 1 aromatic heterocycles. The summed E-state index contributed by atoms with van der Waals surface area (Å²) in [6.45, 7) is 4.32. The number of nitrogens with two attached hydrogens (primary N) is 3. The van der Waals surface area contributed by atoms with E-state index >= 15 is 0 Å². The Morgan fingerprint density at radius 1 is 1.05 bits per heavy atom. The second kappa shape index (κ2) is 26.9. The normalized spacial score (nSPS) is 10.2. The molecule has 38 heavy (non-hydrogen) atoms. The summed E-state index contributed by atoms with van der Waals surface area (Å²) in [6.07, 6.45) is 16.9. The van der Waals surface area contributed by atoms with Gasteiger partial charge in [0.15, 0.2) is 5.82 Å². The minimum Gasteiger partial charge on any atom is -0.480 e. The summed E-state index contributed by atoms with van der Waals surface area (Å²) in [6, 6.07) is -2.81. The van der Waals surface area contributed by atoms with E-state index < -0.39 is 42.4 Å². The molecule has 0 fully saturated rings. The van der Waals surface area contributed by atoms with Crippen molar-refractivity contribution in [1.82, 2.24) is 26.1 Å². The molecule has 0 radical (unpaired) electrons. The van der Waals surface area contributed by atoms with Gasteiger partial charge in [-0.25, -0.2) is 4.79 Å². The highest BCUT2D eigenvalue weighted by Gasteiger charge is 2.22. The molecule has 1 heterocycles. The van der Waals surface area contributed by atoms with Crippen molar-refractivity contribution in [2.24, 2.45) is 17.2 Å². The minimum atomic E-state index is -1.27. The number of carboxylic acids is 1. The second-order valence-corrected chi connectivity index (χ2v) is 6.65. The van der Waals surface area contributed by atoms with Crippen LogP contribution in [-0.4, -0.2) is 69.3 Å². The van der Waals surface area contributed by atoms with E-state index in [1.54, 1.807) is 0 Å². The molecular weight excluding hydrogens is 504 g/mol. The summed E-state index contributed by atoms with van der Waals surface area (Å²) < 4.78 is 4.83. The van der Waals surface area contributed by atoms with Crippen LogP contribution >= 0.6 is 0 Å². The smallest absolute Gasteiger partial charge is 0.322 e. The fraction of sp³-hybridized carbons (Fsp3) is 0.500. The number of carbonyl (C=O) groups excluding carboxylic acids is 4. The summed E-state index contributed by atoms with van der Waals surface area (Å²) in [5.74, 6) is -3.01. The Labute approximate surface area is 221 Å². The summed E-state index contributed by atoms with van der Waals surface area (Å²) in [7, 11) is 0. The molecule has 0 aliphatic carbocycles. The Morgan fingerprint density at radius 3 is 1.97 bits per heavy atom. The maximum absolute atomic E-state index is 11.9. The highest BCUT2D eigenvalue weighted by Crippen LogP contribution is 2.05. The number of carboxylic acid groups (broad SMARTS) is 1. The Kier molecular flexibility index (Phi) is 28.7. The lowest BCUT2D eigenvalue weighted by molar-refractivity contribution is -0.138. The van der Waals surface area contributed by atoms with E-state index in [4.69, 9.17) is 26.2 Å². The fourth-order valence-electron chi connectivity index (χ4n) is 1.78. The van der Waals surface area contributed by atoms with Crippen molar-refractivity contribution < 1.29 is 38.7 Å². The number of aliphatic hydroxyl groups is 1. The van der Waals surface area contributed by atoms with Gasteiger partial charge in [-0.2, -0.15) is 4.98 Å². The fourth-order valence-corrected chi connectivity index (χ4v) is 1.78. The van der Waals surface area contributed by atoms with Gasteiger partial charge in [-0.3, -0.25) is 19.2 Å². The monoisotopic (exact) mass is 542 g/mol. The van der Waals surface area contributed by atoms with Crippen molar-refractivity contribution in [2.75, 3.05) is 13.2 Å². The first-order valence-corrected chi connectivity index (χ1v) is 10.8. The number of hydrogen-bond donors (Lipinski definition) is 8. The first kappa shape index (κ1) is 40.5. The van der Waals surface area contributed by atoms with Gasteiger partial charge in [0.2, 0.25) is 23.6 Å². The Morgan fingerprint density at radius 2 is 1.55 bits per heavy atom. The molecule has 0 aliphatic rings. The van der Waals surface area contributed by atoms with E-state index in [2.05, 4.69) is 71.4 Å². The van der Waals surface area contributed by atoms with Crippen molar-refractivity contribution in [1.29, 1.82) is 0 Å². The molecule has 11 N–H and O–H groups in total. The maximum Gasteiger partial charge on any atom is 0.322 e. The molecular formula is C22H38N8O8. The van der Waals surface area contributed by atoms with Crippen LogP contribution in [-0.2, 0) is 25.7 Å². The molecule has 1 rings (SSSR count). The molecule has 0 aliphatic heterocycles. The Balaban J connectivity index is -0.000000451. The third-order valence-electron chi connectivity index (χ3n) is 3.13. The zero-order chi connectivity index (χ0) is 30.7. The van der Waals surface area contributed by atoms with Crippen LogP contribution < -0.4 is 33.2 Å². The van der Waals surface area contributed by atoms with Crippen LogP contribution in [0.3, 0.4) is 0 Å². The number of nitrogens with one attached hydrogen (secondary N) is 3. The van der Waals surface area contributed by atoms with Crippen molar-refractivity contribution >= 4 is 29.7 Å². The topological polar surface area (TPSA) is 279 Å². The third kappa shape index (κ3) is 25.9. The Bertz CT molecular complexity index is 860. The largest absolute Gasteiger partial charge is 0.480 e. The lowest BCUT2D eigenvalue weighted by Gasteiger charge is -2.17. The maximum atomic E-state index is 11.9. The SMILES string of the molecule is C#C.C#C.CC(N)=O.CCC.NC(=O)CC[C@H](NC(=O)NCc1nc([C@@H](N)CO)no1)C(=O)NCC(=O)O. The average molecular weight is 543 g/mol. The van der Waals surface area contributed by atoms with Gasteiger partial charge >= 0.3 is 12.0 Å². The molecule has 0 unspecified atom stereocenters. The number of aliphatic hydroxyl groups excluding tert-OH is 1. The van der Waals surface area contributed by atoms with Gasteiger partial charge < -0.3 is 47.9 Å². The number of aliphatic carboxylic acids is 1. The van der Waals surface area contributed by atoms with Crippen molar-refractivity contribution in [3.63, 3.8) is 0 Å². The van der Waals surface area contributed by atoms with E-state index in [9.17, 15) is 24.0 Å². The average Bonchev–Trinajstić information content (AvgIpc) is 3.35. The predicted molar refractivity (Wildman–Crippen MR) is 137 cm³/mol. The molecule has 5 amide bonds. The van der Waals surface area contributed by atoms with Gasteiger partial charge in [-0.15, -0.1) is 25.7 Å². The number of rotatable bonds is 11. The molecule has 16 heteroatoms. The number of primary amides is 2. The molecule has 16 nitrogen and oxygen atoms in total. The molecule has 2 atom stereocenters. The second-order valence-electron chi connectivity index (χ2n) is 6.65. The van der Waals surface area contributed by atoms with Gasteiger partial charge in [0.05, 0.1) is 19.2 Å². The van der Waals surface area contributed by atoms with Crippen molar-refractivity contribution in [3.05, 3.63) is 11.7 Å². The van der Waals surface area contributed by atoms with Crippen molar-refractivity contribution in [2.45, 2.75) is 58.7 Å². The summed E-state index contributed by atoms with van der Waals surface area (Å²) in [5, 5.41) is 27.7. The number of terminal acetylenes is 2. The van der Waals surface area contributed by atoms with E-state index in [0.29, 0.717) is 0 Å². The van der Waals surface area contributed by atoms with E-state index in [1.165, 1.54) is 13.3 Å². The lowest BCUT2D eigenvalue weighted by Crippen LogP contribution is -2.51. The number of nitrogens with zero attached hydrogens (tertiary/aromatic N) is 2. The zero-order valence-corrected chi connectivity index (χ0v) is 21.7. The van der Waals surface area contributed by atoms with Crippen LogP contribution in [0.25, 0.3) is 0 Å². The van der Waals surface area contributed by atoms with Crippen LogP contribution in [0.2, 0.25) is 0 Å². The van der Waals surface area contributed by atoms with Crippen molar-refractivity contribution in [3.8, 4) is 25.7 Å². The lowest BCUT2D eigenvalue weighted by atomic mass is 10.1. The van der Waals surface area contributed by atoms with Crippen LogP contribution in [0, 0.1) is 25.7 Å². The number of hydrogen-bond acceptors (Lipinski definition) is 10. The van der Waals surface area contributed by atoms with Crippen LogP contribution in [0.1, 0.15) is 57.8 Å². The minimum absolute atomic E-state index is 0.00747. The number of amides is 5. The van der Waals surface area contributed by atoms with Gasteiger partial charge in [-0.05, 0) is 6.42 Å². The first-order valence-electron chi connectivity index (χ1n) is 10.8. The molecule has 214 valence electrons.